The molecule has 0 atom stereocenters. The number of hydrogen-bond acceptors (Lipinski definition) is 2. The Hall–Kier alpha value is -0.980. The van der Waals surface area contributed by atoms with Gasteiger partial charge in [-0.05, 0) is 37.6 Å². The lowest BCUT2D eigenvalue weighted by Crippen LogP contribution is -2.15. The van der Waals surface area contributed by atoms with Crippen molar-refractivity contribution in [1.29, 1.82) is 0 Å². The summed E-state index contributed by atoms with van der Waals surface area (Å²) in [5.74, 6) is 3.40. The Labute approximate surface area is 112 Å². The van der Waals surface area contributed by atoms with Gasteiger partial charge in [-0.1, -0.05) is 28.8 Å². The van der Waals surface area contributed by atoms with Crippen molar-refractivity contribution in [1.82, 2.24) is 5.32 Å². The molecule has 0 aliphatic carbocycles. The highest BCUT2D eigenvalue weighted by atomic mass is 79.9. The van der Waals surface area contributed by atoms with E-state index in [4.69, 9.17) is 11.2 Å². The van der Waals surface area contributed by atoms with E-state index in [2.05, 4.69) is 40.2 Å². The van der Waals surface area contributed by atoms with Gasteiger partial charge in [-0.2, -0.15) is 0 Å². The van der Waals surface area contributed by atoms with E-state index in [1.807, 2.05) is 13.0 Å². The molecular formula is C14H18BrNO. The largest absolute Gasteiger partial charge is 0.480 e. The molecule has 0 saturated heterocycles. The van der Waals surface area contributed by atoms with E-state index >= 15 is 0 Å². The molecular weight excluding hydrogens is 278 g/mol. The summed E-state index contributed by atoms with van der Waals surface area (Å²) < 4.78 is 6.67. The van der Waals surface area contributed by atoms with Crippen LogP contribution in [-0.4, -0.2) is 13.2 Å². The molecule has 3 heteroatoms. The van der Waals surface area contributed by atoms with Gasteiger partial charge < -0.3 is 10.1 Å². The van der Waals surface area contributed by atoms with Crippen LogP contribution in [0, 0.1) is 19.3 Å². The van der Waals surface area contributed by atoms with E-state index in [0.29, 0.717) is 6.61 Å². The first kappa shape index (κ1) is 14.1. The Kier molecular flexibility index (Phi) is 6.10. The normalized spacial score (nSPS) is 10.0. The Bertz CT molecular complexity index is 409. The maximum atomic E-state index is 5.61. The maximum Gasteiger partial charge on any atom is 0.148 e. The monoisotopic (exact) mass is 295 g/mol. The molecule has 0 aliphatic heterocycles. The van der Waals surface area contributed by atoms with Crippen molar-refractivity contribution >= 4 is 15.9 Å². The van der Waals surface area contributed by atoms with E-state index in [9.17, 15) is 0 Å². The van der Waals surface area contributed by atoms with E-state index in [0.717, 1.165) is 40.9 Å². The molecule has 1 rings (SSSR count). The van der Waals surface area contributed by atoms with E-state index < -0.39 is 0 Å². The standard InChI is InChI=1S/C14H18BrNO/c1-4-6-16-10-12-9-13(15)8-11(3)14(12)17-7-5-2/h2,8-9,16H,4,6-7,10H2,1,3H3. The number of halogens is 1. The minimum absolute atomic E-state index is 0.309. The molecule has 17 heavy (non-hydrogen) atoms. The van der Waals surface area contributed by atoms with Crippen molar-refractivity contribution in [2.45, 2.75) is 26.8 Å². The molecule has 0 radical (unpaired) electrons. The lowest BCUT2D eigenvalue weighted by atomic mass is 10.1. The fraction of sp³-hybridized carbons (Fsp3) is 0.429. The van der Waals surface area contributed by atoms with Crippen LogP contribution in [0.2, 0.25) is 0 Å². The summed E-state index contributed by atoms with van der Waals surface area (Å²) in [7, 11) is 0. The molecule has 0 aliphatic rings. The van der Waals surface area contributed by atoms with Crippen molar-refractivity contribution in [2.24, 2.45) is 0 Å². The van der Waals surface area contributed by atoms with Crippen LogP contribution >= 0.6 is 15.9 Å². The molecule has 0 unspecified atom stereocenters. The third-order valence-corrected chi connectivity index (χ3v) is 2.82. The zero-order valence-corrected chi connectivity index (χ0v) is 11.9. The summed E-state index contributed by atoms with van der Waals surface area (Å²) in [4.78, 5) is 0. The first-order valence-electron chi connectivity index (χ1n) is 5.75. The predicted octanol–water partition coefficient (Wildman–Crippen LogP) is 3.27. The zero-order chi connectivity index (χ0) is 12.7. The maximum absolute atomic E-state index is 5.61. The molecule has 0 saturated carbocycles. The summed E-state index contributed by atoms with van der Waals surface area (Å²) in [6, 6.07) is 4.11. The van der Waals surface area contributed by atoms with E-state index in [-0.39, 0.29) is 0 Å². The smallest absolute Gasteiger partial charge is 0.148 e. The SMILES string of the molecule is C#CCOc1c(C)cc(Br)cc1CNCCC. The zero-order valence-electron chi connectivity index (χ0n) is 10.3. The molecule has 0 bridgehead atoms. The Morgan fingerprint density at radius 3 is 2.88 bits per heavy atom. The second-order valence-corrected chi connectivity index (χ2v) is 4.80. The van der Waals surface area contributed by atoms with Crippen LogP contribution in [0.3, 0.4) is 0 Å². The van der Waals surface area contributed by atoms with Gasteiger partial charge in [-0.25, -0.2) is 0 Å². The lowest BCUT2D eigenvalue weighted by Gasteiger charge is -2.14. The predicted molar refractivity (Wildman–Crippen MR) is 75.2 cm³/mol. The number of aryl methyl sites for hydroxylation is 1. The van der Waals surface area contributed by atoms with Crippen LogP contribution in [0.4, 0.5) is 0 Å². The van der Waals surface area contributed by atoms with Gasteiger partial charge in [0.15, 0.2) is 0 Å². The van der Waals surface area contributed by atoms with Crippen molar-refractivity contribution in [3.8, 4) is 18.1 Å². The fourth-order valence-corrected chi connectivity index (χ4v) is 2.27. The molecule has 0 aromatic heterocycles. The molecule has 0 heterocycles. The van der Waals surface area contributed by atoms with Gasteiger partial charge >= 0.3 is 0 Å². The molecule has 1 aromatic rings. The highest BCUT2D eigenvalue weighted by Gasteiger charge is 2.08. The highest BCUT2D eigenvalue weighted by Crippen LogP contribution is 2.28. The Morgan fingerprint density at radius 2 is 2.24 bits per heavy atom. The average molecular weight is 296 g/mol. The average Bonchev–Trinajstić information content (AvgIpc) is 2.28. The highest BCUT2D eigenvalue weighted by molar-refractivity contribution is 9.10. The van der Waals surface area contributed by atoms with Gasteiger partial charge in [0.2, 0.25) is 0 Å². The summed E-state index contributed by atoms with van der Waals surface area (Å²) in [6.07, 6.45) is 6.35. The van der Waals surface area contributed by atoms with Crippen LogP contribution < -0.4 is 10.1 Å². The first-order valence-corrected chi connectivity index (χ1v) is 6.54. The third-order valence-electron chi connectivity index (χ3n) is 2.36. The van der Waals surface area contributed by atoms with Crippen LogP contribution in [-0.2, 0) is 6.54 Å². The molecule has 1 aromatic carbocycles. The van der Waals surface area contributed by atoms with Crippen LogP contribution in [0.15, 0.2) is 16.6 Å². The minimum atomic E-state index is 0.309. The van der Waals surface area contributed by atoms with Gasteiger partial charge in [0.25, 0.3) is 0 Å². The Morgan fingerprint density at radius 1 is 1.47 bits per heavy atom. The second kappa shape index (κ2) is 7.37. The van der Waals surface area contributed by atoms with Gasteiger partial charge in [-0.15, -0.1) is 6.42 Å². The van der Waals surface area contributed by atoms with Crippen molar-refractivity contribution in [2.75, 3.05) is 13.2 Å². The van der Waals surface area contributed by atoms with E-state index in [1.54, 1.807) is 0 Å². The van der Waals surface area contributed by atoms with Crippen molar-refractivity contribution in [3.05, 3.63) is 27.7 Å². The molecule has 1 N–H and O–H groups in total. The Balaban J connectivity index is 2.86. The van der Waals surface area contributed by atoms with Crippen LogP contribution in [0.5, 0.6) is 5.75 Å². The molecule has 92 valence electrons. The van der Waals surface area contributed by atoms with Gasteiger partial charge in [-0.3, -0.25) is 0 Å². The minimum Gasteiger partial charge on any atom is -0.480 e. The number of ether oxygens (including phenoxy) is 1. The number of rotatable bonds is 6. The lowest BCUT2D eigenvalue weighted by molar-refractivity contribution is 0.362. The van der Waals surface area contributed by atoms with Crippen LogP contribution in [0.25, 0.3) is 0 Å². The molecule has 0 fully saturated rings. The second-order valence-electron chi connectivity index (χ2n) is 3.88. The molecule has 2 nitrogen and oxygen atoms in total. The van der Waals surface area contributed by atoms with Gasteiger partial charge in [0, 0.05) is 16.6 Å². The summed E-state index contributed by atoms with van der Waals surface area (Å²) in [6.45, 7) is 6.28. The fourth-order valence-electron chi connectivity index (χ4n) is 1.65. The topological polar surface area (TPSA) is 21.3 Å². The van der Waals surface area contributed by atoms with Gasteiger partial charge in [0.05, 0.1) is 0 Å². The number of terminal acetylenes is 1. The molecule has 0 spiro atoms. The van der Waals surface area contributed by atoms with Crippen molar-refractivity contribution < 1.29 is 4.74 Å². The number of hydrogen-bond donors (Lipinski definition) is 1. The van der Waals surface area contributed by atoms with Gasteiger partial charge in [0.1, 0.15) is 12.4 Å². The van der Waals surface area contributed by atoms with Crippen LogP contribution in [0.1, 0.15) is 24.5 Å². The van der Waals surface area contributed by atoms with Crippen molar-refractivity contribution in [3.63, 3.8) is 0 Å². The summed E-state index contributed by atoms with van der Waals surface area (Å²) in [5, 5.41) is 3.37. The molecule has 0 amide bonds. The summed E-state index contributed by atoms with van der Waals surface area (Å²) >= 11 is 3.50. The number of nitrogens with one attached hydrogen (secondary N) is 1. The third kappa shape index (κ3) is 4.41. The first-order chi connectivity index (χ1) is 8.19. The number of benzene rings is 1. The van der Waals surface area contributed by atoms with E-state index in [1.165, 1.54) is 0 Å². The summed E-state index contributed by atoms with van der Waals surface area (Å²) in [5.41, 5.74) is 2.24. The quantitative estimate of drug-likeness (QED) is 0.642.